The molecule has 3 rings (SSSR count). The van der Waals surface area contributed by atoms with Gasteiger partial charge in [0.05, 0.1) is 6.20 Å². The molecule has 132 valence electrons. The smallest absolute Gasteiger partial charge is 0.249 e. The Morgan fingerprint density at radius 2 is 1.73 bits per heavy atom. The fourth-order valence-corrected chi connectivity index (χ4v) is 2.15. The van der Waals surface area contributed by atoms with Crippen molar-refractivity contribution in [3.8, 4) is 0 Å². The Kier molecular flexibility index (Phi) is 4.97. The van der Waals surface area contributed by atoms with E-state index in [4.69, 9.17) is 0 Å². The molecule has 0 saturated heterocycles. The number of nitrogens with one attached hydrogen (secondary N) is 3. The van der Waals surface area contributed by atoms with Crippen molar-refractivity contribution >= 4 is 34.7 Å². The van der Waals surface area contributed by atoms with Crippen LogP contribution in [0.3, 0.4) is 0 Å². The van der Waals surface area contributed by atoms with Crippen LogP contribution in [0, 0.1) is 11.6 Å². The summed E-state index contributed by atoms with van der Waals surface area (Å²) in [5.74, 6) is -1.59. The number of benzene rings is 2. The van der Waals surface area contributed by atoms with Crippen molar-refractivity contribution in [3.63, 3.8) is 0 Å². The molecular formula is C17H14F2N6O. The number of amides is 1. The van der Waals surface area contributed by atoms with Gasteiger partial charge in [0, 0.05) is 30.1 Å². The molecule has 0 bridgehead atoms. The molecule has 7 nitrogen and oxygen atoms in total. The first-order valence-corrected chi connectivity index (χ1v) is 7.56. The van der Waals surface area contributed by atoms with Crippen LogP contribution in [-0.4, -0.2) is 21.1 Å². The van der Waals surface area contributed by atoms with E-state index < -0.39 is 11.6 Å². The highest BCUT2D eigenvalue weighted by Gasteiger charge is 2.06. The second-order valence-electron chi connectivity index (χ2n) is 5.31. The molecular weight excluding hydrogens is 342 g/mol. The summed E-state index contributed by atoms with van der Waals surface area (Å²) < 4.78 is 26.2. The Hall–Kier alpha value is -3.62. The molecule has 1 heterocycles. The number of hydrogen-bond acceptors (Lipinski definition) is 6. The average molecular weight is 356 g/mol. The molecule has 3 aromatic rings. The summed E-state index contributed by atoms with van der Waals surface area (Å²) in [4.78, 5) is 15.3. The number of carbonyl (C=O) groups excluding carboxylic acids is 1. The quantitative estimate of drug-likeness (QED) is 0.647. The predicted molar refractivity (Wildman–Crippen MR) is 93.5 cm³/mol. The van der Waals surface area contributed by atoms with Gasteiger partial charge < -0.3 is 16.0 Å². The molecule has 0 atom stereocenters. The summed E-state index contributed by atoms with van der Waals surface area (Å²) in [6, 6.07) is 10.4. The minimum Gasteiger partial charge on any atom is -0.339 e. The molecule has 0 fully saturated rings. The van der Waals surface area contributed by atoms with Crippen LogP contribution in [0.1, 0.15) is 6.92 Å². The first-order chi connectivity index (χ1) is 12.5. The SMILES string of the molecule is CC(=O)Nc1cccc(Nc2nncc(Nc3ccc(F)c(F)c3)n2)c1. The highest BCUT2D eigenvalue weighted by Crippen LogP contribution is 2.20. The minimum atomic E-state index is -0.967. The maximum atomic E-state index is 13.3. The molecule has 9 heteroatoms. The van der Waals surface area contributed by atoms with Gasteiger partial charge >= 0.3 is 0 Å². The molecule has 0 spiro atoms. The molecule has 0 radical (unpaired) electrons. The van der Waals surface area contributed by atoms with Gasteiger partial charge in [-0.3, -0.25) is 4.79 Å². The second kappa shape index (κ2) is 7.51. The highest BCUT2D eigenvalue weighted by atomic mass is 19.2. The Balaban J connectivity index is 1.75. The van der Waals surface area contributed by atoms with E-state index in [1.165, 1.54) is 19.2 Å². The predicted octanol–water partition coefficient (Wildman–Crippen LogP) is 3.60. The van der Waals surface area contributed by atoms with E-state index in [0.717, 1.165) is 12.1 Å². The first-order valence-electron chi connectivity index (χ1n) is 7.56. The van der Waals surface area contributed by atoms with Gasteiger partial charge in [-0.15, -0.1) is 5.10 Å². The van der Waals surface area contributed by atoms with Gasteiger partial charge in [0.1, 0.15) is 0 Å². The zero-order valence-electron chi connectivity index (χ0n) is 13.6. The van der Waals surface area contributed by atoms with Crippen molar-refractivity contribution in [1.82, 2.24) is 15.2 Å². The molecule has 0 unspecified atom stereocenters. The summed E-state index contributed by atoms with van der Waals surface area (Å²) >= 11 is 0. The van der Waals surface area contributed by atoms with Gasteiger partial charge in [-0.2, -0.15) is 10.1 Å². The number of nitrogens with zero attached hydrogens (tertiary/aromatic N) is 3. The van der Waals surface area contributed by atoms with E-state index >= 15 is 0 Å². The number of anilines is 5. The first kappa shape index (κ1) is 17.2. The maximum Gasteiger partial charge on any atom is 0.249 e. The van der Waals surface area contributed by atoms with Crippen molar-refractivity contribution in [3.05, 3.63) is 60.3 Å². The fraction of sp³-hybridized carbons (Fsp3) is 0.0588. The Morgan fingerprint density at radius 3 is 2.50 bits per heavy atom. The van der Waals surface area contributed by atoms with Crippen LogP contribution in [0.2, 0.25) is 0 Å². The van der Waals surface area contributed by atoms with Crippen LogP contribution in [0.25, 0.3) is 0 Å². The van der Waals surface area contributed by atoms with Crippen molar-refractivity contribution in [2.75, 3.05) is 16.0 Å². The summed E-state index contributed by atoms with van der Waals surface area (Å²) in [6.07, 6.45) is 1.35. The van der Waals surface area contributed by atoms with Crippen LogP contribution in [0.15, 0.2) is 48.7 Å². The van der Waals surface area contributed by atoms with E-state index in [9.17, 15) is 13.6 Å². The number of rotatable bonds is 5. The van der Waals surface area contributed by atoms with Crippen LogP contribution in [0.5, 0.6) is 0 Å². The van der Waals surface area contributed by atoms with E-state index in [-0.39, 0.29) is 11.9 Å². The minimum absolute atomic E-state index is 0.183. The summed E-state index contributed by atoms with van der Waals surface area (Å²) in [6.45, 7) is 1.42. The normalized spacial score (nSPS) is 10.3. The maximum absolute atomic E-state index is 13.3. The number of halogens is 2. The van der Waals surface area contributed by atoms with Crippen LogP contribution < -0.4 is 16.0 Å². The van der Waals surface area contributed by atoms with Gasteiger partial charge in [0.15, 0.2) is 17.5 Å². The molecule has 0 saturated carbocycles. The molecule has 26 heavy (non-hydrogen) atoms. The molecule has 2 aromatic carbocycles. The van der Waals surface area contributed by atoms with Crippen LogP contribution in [-0.2, 0) is 4.79 Å². The van der Waals surface area contributed by atoms with E-state index in [1.54, 1.807) is 24.3 Å². The Labute approximate surface area is 147 Å². The zero-order valence-corrected chi connectivity index (χ0v) is 13.6. The molecule has 0 aliphatic carbocycles. The zero-order chi connectivity index (χ0) is 18.5. The van der Waals surface area contributed by atoms with E-state index in [2.05, 4.69) is 31.1 Å². The monoisotopic (exact) mass is 356 g/mol. The second-order valence-corrected chi connectivity index (χ2v) is 5.31. The fourth-order valence-electron chi connectivity index (χ4n) is 2.15. The molecule has 1 aromatic heterocycles. The lowest BCUT2D eigenvalue weighted by Gasteiger charge is -2.09. The number of carbonyl (C=O) groups is 1. The van der Waals surface area contributed by atoms with Crippen molar-refractivity contribution in [2.45, 2.75) is 6.92 Å². The van der Waals surface area contributed by atoms with Crippen molar-refractivity contribution in [1.29, 1.82) is 0 Å². The third-order valence-electron chi connectivity index (χ3n) is 3.19. The lowest BCUT2D eigenvalue weighted by molar-refractivity contribution is -0.114. The molecule has 3 N–H and O–H groups in total. The topological polar surface area (TPSA) is 91.8 Å². The lowest BCUT2D eigenvalue weighted by Crippen LogP contribution is -2.06. The van der Waals surface area contributed by atoms with Gasteiger partial charge in [-0.25, -0.2) is 8.78 Å². The molecule has 0 aliphatic rings. The largest absolute Gasteiger partial charge is 0.339 e. The van der Waals surface area contributed by atoms with Gasteiger partial charge in [0.25, 0.3) is 0 Å². The Morgan fingerprint density at radius 1 is 0.962 bits per heavy atom. The average Bonchev–Trinajstić information content (AvgIpc) is 2.58. The van der Waals surface area contributed by atoms with Gasteiger partial charge in [0.2, 0.25) is 11.9 Å². The Bertz CT molecular complexity index is 950. The summed E-state index contributed by atoms with van der Waals surface area (Å²) in [7, 11) is 0. The van der Waals surface area contributed by atoms with E-state index in [1.807, 2.05) is 0 Å². The third kappa shape index (κ3) is 4.47. The summed E-state index contributed by atoms with van der Waals surface area (Å²) in [5.41, 5.74) is 1.58. The van der Waals surface area contributed by atoms with Crippen LogP contribution >= 0.6 is 0 Å². The third-order valence-corrected chi connectivity index (χ3v) is 3.19. The van der Waals surface area contributed by atoms with Crippen molar-refractivity contribution in [2.24, 2.45) is 0 Å². The number of hydrogen-bond donors (Lipinski definition) is 3. The summed E-state index contributed by atoms with van der Waals surface area (Å²) in [5, 5.41) is 16.1. The molecule has 1 amide bonds. The van der Waals surface area contributed by atoms with Gasteiger partial charge in [-0.1, -0.05) is 6.07 Å². The van der Waals surface area contributed by atoms with Gasteiger partial charge in [-0.05, 0) is 30.3 Å². The van der Waals surface area contributed by atoms with Crippen molar-refractivity contribution < 1.29 is 13.6 Å². The van der Waals surface area contributed by atoms with Crippen LogP contribution in [0.4, 0.5) is 37.6 Å². The number of aromatic nitrogens is 3. The highest BCUT2D eigenvalue weighted by molar-refractivity contribution is 5.89. The standard InChI is InChI=1S/C17H14F2N6O/c1-10(26)21-11-3-2-4-12(7-11)23-17-24-16(9-20-25-17)22-13-5-6-14(18)15(19)8-13/h2-9H,1H3,(H,21,26)(H2,22,23,24,25). The molecule has 0 aliphatic heterocycles. The van der Waals surface area contributed by atoms with E-state index in [0.29, 0.717) is 22.9 Å². The lowest BCUT2D eigenvalue weighted by atomic mass is 10.3.